The minimum absolute atomic E-state index is 0.299. The first kappa shape index (κ1) is 14.1. The largest absolute Gasteiger partial charge is 0.390 e. The molecule has 2 rings (SSSR count). The van der Waals surface area contributed by atoms with E-state index in [1.807, 2.05) is 30.3 Å². The molecule has 1 aromatic heterocycles. The Kier molecular flexibility index (Phi) is 4.05. The first-order valence-corrected chi connectivity index (χ1v) is 6.83. The normalized spacial score (nSPS) is 10.2. The van der Waals surface area contributed by atoms with Crippen LogP contribution in [0.25, 0.3) is 0 Å². The van der Waals surface area contributed by atoms with Crippen molar-refractivity contribution in [3.05, 3.63) is 51.9 Å². The number of anilines is 1. The molecule has 5 nitrogen and oxygen atoms in total. The second-order valence-electron chi connectivity index (χ2n) is 4.33. The highest BCUT2D eigenvalue weighted by Gasteiger charge is 2.21. The molecular weight excluding hydrogens is 274 g/mol. The Balaban J connectivity index is 2.16. The maximum Gasteiger partial charge on any atom is 0.259 e. The highest BCUT2D eigenvalue weighted by molar-refractivity contribution is 7.18. The maximum atomic E-state index is 12.2. The highest BCUT2D eigenvalue weighted by atomic mass is 32.1. The predicted molar refractivity (Wildman–Crippen MR) is 79.6 cm³/mol. The van der Waals surface area contributed by atoms with Gasteiger partial charge in [0.15, 0.2) is 0 Å². The molecule has 0 fully saturated rings. The maximum absolute atomic E-state index is 12.2. The van der Waals surface area contributed by atoms with E-state index in [0.717, 1.165) is 16.9 Å². The highest BCUT2D eigenvalue weighted by Crippen LogP contribution is 2.30. The molecule has 20 heavy (non-hydrogen) atoms. The second-order valence-corrected chi connectivity index (χ2v) is 5.38. The van der Waals surface area contributed by atoms with E-state index in [4.69, 9.17) is 11.5 Å². The number of nitrogens with one attached hydrogen (secondary N) is 1. The van der Waals surface area contributed by atoms with Crippen LogP contribution in [0.4, 0.5) is 5.00 Å². The Bertz CT molecular complexity index is 650. The number of amides is 2. The summed E-state index contributed by atoms with van der Waals surface area (Å²) in [5.74, 6) is -0.867. The molecule has 0 aliphatic carbocycles. The quantitative estimate of drug-likeness (QED) is 0.798. The van der Waals surface area contributed by atoms with E-state index in [1.54, 1.807) is 6.92 Å². The third-order valence-corrected chi connectivity index (χ3v) is 4.06. The van der Waals surface area contributed by atoms with E-state index in [2.05, 4.69) is 5.32 Å². The van der Waals surface area contributed by atoms with Gasteiger partial charge in [-0.15, -0.1) is 11.3 Å². The fourth-order valence-corrected chi connectivity index (χ4v) is 2.84. The van der Waals surface area contributed by atoms with Gasteiger partial charge in [0, 0.05) is 6.54 Å². The fraction of sp³-hybridized carbons (Fsp3) is 0.143. The van der Waals surface area contributed by atoms with E-state index in [1.165, 1.54) is 0 Å². The molecule has 0 bridgehead atoms. The molecule has 2 amide bonds. The zero-order chi connectivity index (χ0) is 14.7. The Morgan fingerprint density at radius 1 is 1.25 bits per heavy atom. The first-order chi connectivity index (χ1) is 9.50. The van der Waals surface area contributed by atoms with E-state index in [0.29, 0.717) is 27.5 Å². The summed E-state index contributed by atoms with van der Waals surface area (Å²) in [5.41, 5.74) is 12.9. The Hall–Kier alpha value is -2.34. The molecule has 2 aromatic rings. The van der Waals surface area contributed by atoms with Crippen molar-refractivity contribution in [2.45, 2.75) is 13.5 Å². The van der Waals surface area contributed by atoms with Crippen molar-refractivity contribution in [3.8, 4) is 0 Å². The third kappa shape index (κ3) is 2.80. The number of hydrogen-bond donors (Lipinski definition) is 3. The van der Waals surface area contributed by atoms with E-state index in [9.17, 15) is 9.59 Å². The van der Waals surface area contributed by atoms with Crippen molar-refractivity contribution in [1.82, 2.24) is 5.32 Å². The van der Waals surface area contributed by atoms with Crippen LogP contribution in [0.15, 0.2) is 30.3 Å². The lowest BCUT2D eigenvalue weighted by Crippen LogP contribution is -2.24. The number of thiophene rings is 1. The van der Waals surface area contributed by atoms with Crippen molar-refractivity contribution in [1.29, 1.82) is 0 Å². The van der Waals surface area contributed by atoms with Gasteiger partial charge in [0.2, 0.25) is 0 Å². The van der Waals surface area contributed by atoms with E-state index >= 15 is 0 Å². The first-order valence-electron chi connectivity index (χ1n) is 6.01. The number of nitrogens with two attached hydrogens (primary N) is 2. The predicted octanol–water partition coefficient (Wildman–Crippen LogP) is 1.67. The van der Waals surface area contributed by atoms with Gasteiger partial charge in [0.25, 0.3) is 11.8 Å². The van der Waals surface area contributed by atoms with Gasteiger partial charge in [-0.2, -0.15) is 0 Å². The second kappa shape index (κ2) is 5.75. The molecule has 0 atom stereocenters. The van der Waals surface area contributed by atoms with Crippen molar-refractivity contribution >= 4 is 28.2 Å². The van der Waals surface area contributed by atoms with Crippen molar-refractivity contribution in [2.75, 3.05) is 5.73 Å². The van der Waals surface area contributed by atoms with Crippen molar-refractivity contribution in [3.63, 3.8) is 0 Å². The summed E-state index contributed by atoms with van der Waals surface area (Å²) in [7, 11) is 0. The molecule has 1 heterocycles. The van der Waals surface area contributed by atoms with Gasteiger partial charge >= 0.3 is 0 Å². The zero-order valence-electron chi connectivity index (χ0n) is 11.0. The lowest BCUT2D eigenvalue weighted by Gasteiger charge is -2.06. The number of hydrogen-bond acceptors (Lipinski definition) is 4. The minimum atomic E-state index is -0.568. The summed E-state index contributed by atoms with van der Waals surface area (Å²) in [6.45, 7) is 2.07. The smallest absolute Gasteiger partial charge is 0.259 e. The van der Waals surface area contributed by atoms with Crippen LogP contribution in [0.3, 0.4) is 0 Å². The Labute approximate surface area is 120 Å². The van der Waals surface area contributed by atoms with Gasteiger partial charge in [-0.3, -0.25) is 9.59 Å². The van der Waals surface area contributed by atoms with Crippen LogP contribution in [-0.2, 0) is 6.54 Å². The van der Waals surface area contributed by atoms with E-state index in [-0.39, 0.29) is 5.91 Å². The molecule has 0 unspecified atom stereocenters. The molecule has 0 saturated carbocycles. The van der Waals surface area contributed by atoms with Crippen LogP contribution in [-0.4, -0.2) is 11.8 Å². The third-order valence-electron chi connectivity index (χ3n) is 2.92. The summed E-state index contributed by atoms with van der Waals surface area (Å²) in [6.07, 6.45) is 0. The molecule has 104 valence electrons. The monoisotopic (exact) mass is 289 g/mol. The number of carbonyl (C=O) groups is 2. The van der Waals surface area contributed by atoms with Gasteiger partial charge < -0.3 is 16.8 Å². The molecular formula is C14H15N3O2S. The lowest BCUT2D eigenvalue weighted by molar-refractivity contribution is 0.0951. The van der Waals surface area contributed by atoms with E-state index < -0.39 is 5.91 Å². The van der Waals surface area contributed by atoms with Crippen LogP contribution in [0.5, 0.6) is 0 Å². The molecule has 1 aromatic carbocycles. The Morgan fingerprint density at radius 3 is 2.45 bits per heavy atom. The van der Waals surface area contributed by atoms with Gasteiger partial charge in [0.05, 0.1) is 15.4 Å². The summed E-state index contributed by atoms with van der Waals surface area (Å²) in [6, 6.07) is 9.54. The summed E-state index contributed by atoms with van der Waals surface area (Å²) >= 11 is 1.04. The van der Waals surface area contributed by atoms with Crippen LogP contribution in [0.2, 0.25) is 0 Å². The van der Waals surface area contributed by atoms with Crippen molar-refractivity contribution in [2.24, 2.45) is 5.73 Å². The number of rotatable bonds is 4. The Morgan fingerprint density at radius 2 is 1.90 bits per heavy atom. The summed E-state index contributed by atoms with van der Waals surface area (Å²) in [5, 5.41) is 3.09. The number of primary amides is 1. The van der Waals surface area contributed by atoms with Crippen molar-refractivity contribution < 1.29 is 9.59 Å². The molecule has 0 aliphatic heterocycles. The summed E-state index contributed by atoms with van der Waals surface area (Å²) in [4.78, 5) is 23.7. The van der Waals surface area contributed by atoms with Crippen LogP contribution < -0.4 is 16.8 Å². The average molecular weight is 289 g/mol. The zero-order valence-corrected chi connectivity index (χ0v) is 11.8. The lowest BCUT2D eigenvalue weighted by atomic mass is 10.1. The van der Waals surface area contributed by atoms with Gasteiger partial charge in [-0.25, -0.2) is 0 Å². The number of carbonyl (C=O) groups excluding carboxylic acids is 2. The topological polar surface area (TPSA) is 98.2 Å². The average Bonchev–Trinajstić information content (AvgIpc) is 2.73. The van der Waals surface area contributed by atoms with Gasteiger partial charge in [-0.1, -0.05) is 30.3 Å². The standard InChI is InChI=1S/C14H15N3O2S/c1-8-10(13(16)20-11(8)12(15)18)14(19)17-7-9-5-3-2-4-6-9/h2-6H,7,16H2,1H3,(H2,15,18)(H,17,19). The molecule has 0 radical (unpaired) electrons. The van der Waals surface area contributed by atoms with Crippen LogP contribution >= 0.6 is 11.3 Å². The fourth-order valence-electron chi connectivity index (χ4n) is 1.92. The van der Waals surface area contributed by atoms with Gasteiger partial charge in [0.1, 0.15) is 0 Å². The molecule has 0 spiro atoms. The number of benzene rings is 1. The van der Waals surface area contributed by atoms with Crippen LogP contribution in [0.1, 0.15) is 31.2 Å². The minimum Gasteiger partial charge on any atom is -0.390 e. The van der Waals surface area contributed by atoms with Gasteiger partial charge in [-0.05, 0) is 18.1 Å². The molecule has 6 heteroatoms. The summed E-state index contributed by atoms with van der Waals surface area (Å²) < 4.78 is 0. The molecule has 5 N–H and O–H groups in total. The number of nitrogen functional groups attached to an aromatic ring is 1. The van der Waals surface area contributed by atoms with Crippen LogP contribution in [0, 0.1) is 6.92 Å². The SMILES string of the molecule is Cc1c(C(N)=O)sc(N)c1C(=O)NCc1ccccc1. The molecule has 0 saturated heterocycles. The molecule has 0 aliphatic rings.